The molecule has 0 spiro atoms. The van der Waals surface area contributed by atoms with Gasteiger partial charge in [-0.15, -0.1) is 0 Å². The molecule has 0 aliphatic carbocycles. The molecule has 1 atom stereocenters. The van der Waals surface area contributed by atoms with Gasteiger partial charge < -0.3 is 15.4 Å². The molecule has 0 saturated heterocycles. The summed E-state index contributed by atoms with van der Waals surface area (Å²) < 4.78 is 4.72. The Kier molecular flexibility index (Phi) is 6.99. The van der Waals surface area contributed by atoms with Gasteiger partial charge in [0.2, 0.25) is 5.91 Å². The van der Waals surface area contributed by atoms with Gasteiger partial charge >= 0.3 is 5.97 Å². The van der Waals surface area contributed by atoms with Gasteiger partial charge in [-0.05, 0) is 38.5 Å². The van der Waals surface area contributed by atoms with E-state index in [1.54, 1.807) is 24.3 Å². The van der Waals surface area contributed by atoms with Crippen molar-refractivity contribution in [2.24, 2.45) is 0 Å². The highest BCUT2D eigenvalue weighted by atomic mass is 16.5. The summed E-state index contributed by atoms with van der Waals surface area (Å²) in [7, 11) is 1.28. The van der Waals surface area contributed by atoms with Gasteiger partial charge in [-0.3, -0.25) is 9.59 Å². The Morgan fingerprint density at radius 2 is 1.91 bits per heavy atom. The third kappa shape index (κ3) is 6.34. The van der Waals surface area contributed by atoms with Crippen molar-refractivity contribution in [1.29, 1.82) is 0 Å². The minimum atomic E-state index is -0.758. The van der Waals surface area contributed by atoms with Crippen molar-refractivity contribution < 1.29 is 19.1 Å². The van der Waals surface area contributed by atoms with Crippen molar-refractivity contribution in [2.75, 3.05) is 12.4 Å². The van der Waals surface area contributed by atoms with Gasteiger partial charge in [-0.25, -0.2) is 4.79 Å². The van der Waals surface area contributed by atoms with Crippen molar-refractivity contribution in [2.45, 2.75) is 33.2 Å². The lowest BCUT2D eigenvalue weighted by Gasteiger charge is -2.15. The number of ether oxygens (including phenoxy) is 1. The fourth-order valence-corrected chi connectivity index (χ4v) is 1.89. The second kappa shape index (κ2) is 8.73. The van der Waals surface area contributed by atoms with Gasteiger partial charge in [0, 0.05) is 18.2 Å². The standard InChI is InChI=1S/C17H22N2O4/c1-11(2)8-9-15(17(22)23-4)19-16(21)13-6-5-7-14(10-13)18-12(3)20/h5-8,10,15H,9H2,1-4H3,(H,18,20)(H,19,21)/t15-/m1/s1. The molecule has 0 aliphatic heterocycles. The zero-order valence-electron chi connectivity index (χ0n) is 13.8. The molecule has 124 valence electrons. The molecule has 0 saturated carbocycles. The first-order valence-electron chi connectivity index (χ1n) is 7.23. The Morgan fingerprint density at radius 1 is 1.22 bits per heavy atom. The number of methoxy groups -OCH3 is 1. The number of rotatable bonds is 6. The number of hydrogen-bond donors (Lipinski definition) is 2. The lowest BCUT2D eigenvalue weighted by Crippen LogP contribution is -2.41. The molecule has 0 radical (unpaired) electrons. The van der Waals surface area contributed by atoms with Crippen LogP contribution in [0.25, 0.3) is 0 Å². The molecule has 0 unspecified atom stereocenters. The van der Waals surface area contributed by atoms with Gasteiger partial charge in [0.05, 0.1) is 7.11 Å². The molecule has 2 N–H and O–H groups in total. The van der Waals surface area contributed by atoms with E-state index in [0.29, 0.717) is 17.7 Å². The van der Waals surface area contributed by atoms with E-state index in [-0.39, 0.29) is 5.91 Å². The first-order valence-corrected chi connectivity index (χ1v) is 7.23. The molecule has 0 bridgehead atoms. The summed E-state index contributed by atoms with van der Waals surface area (Å²) in [6, 6.07) is 5.73. The number of esters is 1. The molecule has 0 heterocycles. The van der Waals surface area contributed by atoms with E-state index in [1.165, 1.54) is 14.0 Å². The molecule has 2 amide bonds. The maximum absolute atomic E-state index is 12.3. The number of carbonyl (C=O) groups excluding carboxylic acids is 3. The van der Waals surface area contributed by atoms with Crippen molar-refractivity contribution >= 4 is 23.5 Å². The van der Waals surface area contributed by atoms with Crippen LogP contribution in [0, 0.1) is 0 Å². The summed E-state index contributed by atoms with van der Waals surface area (Å²) in [5, 5.41) is 5.26. The minimum Gasteiger partial charge on any atom is -0.467 e. The summed E-state index contributed by atoms with van der Waals surface area (Å²) in [6.45, 7) is 5.21. The van der Waals surface area contributed by atoms with Gasteiger partial charge in [0.15, 0.2) is 0 Å². The van der Waals surface area contributed by atoms with Crippen LogP contribution in [0.2, 0.25) is 0 Å². The van der Waals surface area contributed by atoms with Crippen molar-refractivity contribution in [1.82, 2.24) is 5.32 Å². The summed E-state index contributed by atoms with van der Waals surface area (Å²) >= 11 is 0. The maximum atomic E-state index is 12.3. The predicted octanol–water partition coefficient (Wildman–Crippen LogP) is 2.27. The summed E-state index contributed by atoms with van der Waals surface area (Å²) in [5.41, 5.74) is 1.91. The smallest absolute Gasteiger partial charge is 0.328 e. The number of allylic oxidation sites excluding steroid dienone is 1. The largest absolute Gasteiger partial charge is 0.467 e. The van der Waals surface area contributed by atoms with E-state index in [2.05, 4.69) is 10.6 Å². The normalized spacial score (nSPS) is 11.1. The third-order valence-corrected chi connectivity index (χ3v) is 3.00. The lowest BCUT2D eigenvalue weighted by atomic mass is 10.1. The molecule has 23 heavy (non-hydrogen) atoms. The summed E-state index contributed by atoms with van der Waals surface area (Å²) in [5.74, 6) is -1.14. The number of anilines is 1. The number of hydrogen-bond acceptors (Lipinski definition) is 4. The quantitative estimate of drug-likeness (QED) is 0.622. The second-order valence-corrected chi connectivity index (χ2v) is 5.33. The molecule has 6 nitrogen and oxygen atoms in total. The molecule has 1 aromatic carbocycles. The summed E-state index contributed by atoms with van der Waals surface area (Å²) in [4.78, 5) is 35.2. The Labute approximate surface area is 135 Å². The van der Waals surface area contributed by atoms with E-state index in [9.17, 15) is 14.4 Å². The number of carbonyl (C=O) groups is 3. The fraction of sp³-hybridized carbons (Fsp3) is 0.353. The Morgan fingerprint density at radius 3 is 2.48 bits per heavy atom. The van der Waals surface area contributed by atoms with Crippen molar-refractivity contribution in [3.8, 4) is 0 Å². The monoisotopic (exact) mass is 318 g/mol. The first kappa shape index (κ1) is 18.4. The van der Waals surface area contributed by atoms with E-state index in [4.69, 9.17) is 4.74 Å². The Hall–Kier alpha value is -2.63. The number of benzene rings is 1. The van der Waals surface area contributed by atoms with Crippen LogP contribution >= 0.6 is 0 Å². The zero-order chi connectivity index (χ0) is 17.4. The molecule has 1 rings (SSSR count). The highest BCUT2D eigenvalue weighted by molar-refractivity contribution is 5.98. The number of amides is 2. The molecular weight excluding hydrogens is 296 g/mol. The maximum Gasteiger partial charge on any atom is 0.328 e. The van der Waals surface area contributed by atoms with Crippen LogP contribution in [0.4, 0.5) is 5.69 Å². The highest BCUT2D eigenvalue weighted by Crippen LogP contribution is 2.11. The van der Waals surface area contributed by atoms with Gasteiger partial charge in [0.25, 0.3) is 5.91 Å². The van der Waals surface area contributed by atoms with Gasteiger partial charge in [0.1, 0.15) is 6.04 Å². The van der Waals surface area contributed by atoms with Crippen LogP contribution in [0.5, 0.6) is 0 Å². The van der Waals surface area contributed by atoms with E-state index in [0.717, 1.165) is 5.57 Å². The van der Waals surface area contributed by atoms with Crippen LogP contribution in [0.1, 0.15) is 37.6 Å². The fourth-order valence-electron chi connectivity index (χ4n) is 1.89. The van der Waals surface area contributed by atoms with Crippen molar-refractivity contribution in [3.63, 3.8) is 0 Å². The van der Waals surface area contributed by atoms with Crippen LogP contribution in [0.15, 0.2) is 35.9 Å². The predicted molar refractivity (Wildman–Crippen MR) is 88.1 cm³/mol. The average Bonchev–Trinajstić information content (AvgIpc) is 2.49. The van der Waals surface area contributed by atoms with Gasteiger partial charge in [-0.1, -0.05) is 17.7 Å². The average molecular weight is 318 g/mol. The van der Waals surface area contributed by atoms with E-state index >= 15 is 0 Å². The molecule has 0 fully saturated rings. The lowest BCUT2D eigenvalue weighted by molar-refractivity contribution is -0.142. The van der Waals surface area contributed by atoms with Crippen LogP contribution < -0.4 is 10.6 Å². The summed E-state index contributed by atoms with van der Waals surface area (Å²) in [6.07, 6.45) is 2.21. The third-order valence-electron chi connectivity index (χ3n) is 3.00. The second-order valence-electron chi connectivity index (χ2n) is 5.33. The SMILES string of the molecule is COC(=O)[C@@H](CC=C(C)C)NC(=O)c1cccc(NC(C)=O)c1. The molecule has 0 aromatic heterocycles. The van der Waals surface area contributed by atoms with Crippen LogP contribution in [-0.2, 0) is 14.3 Å². The topological polar surface area (TPSA) is 84.5 Å². The Bertz CT molecular complexity index is 619. The first-order chi connectivity index (χ1) is 10.8. The van der Waals surface area contributed by atoms with Gasteiger partial charge in [-0.2, -0.15) is 0 Å². The molecule has 6 heteroatoms. The Balaban J connectivity index is 2.87. The van der Waals surface area contributed by atoms with Crippen LogP contribution in [-0.4, -0.2) is 30.9 Å². The van der Waals surface area contributed by atoms with Crippen LogP contribution in [0.3, 0.4) is 0 Å². The minimum absolute atomic E-state index is 0.224. The van der Waals surface area contributed by atoms with E-state index in [1.807, 2.05) is 19.9 Å². The highest BCUT2D eigenvalue weighted by Gasteiger charge is 2.21. The molecule has 1 aromatic rings. The zero-order valence-corrected chi connectivity index (χ0v) is 13.8. The number of nitrogens with one attached hydrogen (secondary N) is 2. The van der Waals surface area contributed by atoms with E-state index < -0.39 is 17.9 Å². The van der Waals surface area contributed by atoms with Crippen molar-refractivity contribution in [3.05, 3.63) is 41.5 Å². The molecular formula is C17H22N2O4. The molecule has 0 aliphatic rings.